The summed E-state index contributed by atoms with van der Waals surface area (Å²) in [6.07, 6.45) is 1.70. The van der Waals surface area contributed by atoms with E-state index in [0.717, 1.165) is 51.4 Å². The van der Waals surface area contributed by atoms with Crippen LogP contribution in [0.5, 0.6) is 0 Å². The number of anilines is 1. The molecule has 5 rings (SSSR count). The van der Waals surface area contributed by atoms with Gasteiger partial charge >= 0.3 is 0 Å². The van der Waals surface area contributed by atoms with Crippen LogP contribution in [0.2, 0.25) is 0 Å². The lowest BCUT2D eigenvalue weighted by Gasteiger charge is -2.27. The molecule has 3 aromatic rings. The van der Waals surface area contributed by atoms with Crippen LogP contribution in [-0.2, 0) is 22.5 Å². The Morgan fingerprint density at radius 1 is 1.11 bits per heavy atom. The van der Waals surface area contributed by atoms with Gasteiger partial charge in [0.1, 0.15) is 0 Å². The molecule has 2 aliphatic rings. The number of fused-ring (bicyclic) bond motifs is 2. The molecule has 2 atom stereocenters. The van der Waals surface area contributed by atoms with Crippen molar-refractivity contribution in [1.29, 1.82) is 0 Å². The number of hydrogen-bond acceptors (Lipinski definition) is 6. The zero-order valence-electron chi connectivity index (χ0n) is 20.4. The van der Waals surface area contributed by atoms with Gasteiger partial charge in [0.2, 0.25) is 5.91 Å². The van der Waals surface area contributed by atoms with Gasteiger partial charge in [0, 0.05) is 37.9 Å². The zero-order valence-corrected chi connectivity index (χ0v) is 21.2. The number of aromatic nitrogens is 2. The molecule has 0 saturated carbocycles. The molecule has 1 fully saturated rings. The zero-order chi connectivity index (χ0) is 24.4. The van der Waals surface area contributed by atoms with Crippen molar-refractivity contribution in [3.05, 3.63) is 64.4 Å². The molecule has 0 aliphatic carbocycles. The summed E-state index contributed by atoms with van der Waals surface area (Å²) in [5, 5.41) is 0.850. The Kier molecular flexibility index (Phi) is 7.22. The first-order chi connectivity index (χ1) is 17.0. The maximum Gasteiger partial charge on any atom is 0.262 e. The highest BCUT2D eigenvalue weighted by atomic mass is 32.2. The molecule has 2 aliphatic heterocycles. The monoisotopic (exact) mass is 492 g/mol. The fourth-order valence-corrected chi connectivity index (χ4v) is 6.00. The molecule has 184 valence electrons. The molecular formula is C27H32N4O3S. The van der Waals surface area contributed by atoms with Gasteiger partial charge < -0.3 is 9.64 Å². The van der Waals surface area contributed by atoms with Crippen LogP contribution in [0.3, 0.4) is 0 Å². The summed E-state index contributed by atoms with van der Waals surface area (Å²) in [5.41, 5.74) is 2.82. The summed E-state index contributed by atoms with van der Waals surface area (Å²) in [6.45, 7) is 8.85. The van der Waals surface area contributed by atoms with E-state index in [-0.39, 0.29) is 22.8 Å². The summed E-state index contributed by atoms with van der Waals surface area (Å²) in [6, 6.07) is 15.7. The van der Waals surface area contributed by atoms with Gasteiger partial charge in [-0.25, -0.2) is 4.98 Å². The third-order valence-corrected chi connectivity index (χ3v) is 7.94. The molecule has 0 N–H and O–H groups in total. The van der Waals surface area contributed by atoms with Crippen LogP contribution >= 0.6 is 11.8 Å². The smallest absolute Gasteiger partial charge is 0.262 e. The summed E-state index contributed by atoms with van der Waals surface area (Å²) >= 11 is 1.38. The molecule has 0 unspecified atom stereocenters. The van der Waals surface area contributed by atoms with Crippen LogP contribution in [0.15, 0.2) is 58.5 Å². The topological polar surface area (TPSA) is 67.7 Å². The number of hydrogen-bond donors (Lipinski definition) is 0. The number of ether oxygens (including phenoxy) is 1. The molecule has 1 aromatic heterocycles. The number of nitrogens with zero attached hydrogens (tertiary/aromatic N) is 4. The Labute approximate surface area is 210 Å². The summed E-state index contributed by atoms with van der Waals surface area (Å²) in [4.78, 5) is 36.1. The number of morpholine rings is 1. The standard InChI is InChI=1S/C27H32N4O3S/c1-19-18-21-8-3-6-11-24(21)31(19)25(32)20(2)35-27-28-23-10-5-4-9-22(23)26(33)30(27)13-7-12-29-14-16-34-17-15-29/h3-6,8-11,19-20H,7,12-18H2,1-2H3/t19-,20-/m0/s1. The van der Waals surface area contributed by atoms with Crippen molar-refractivity contribution < 1.29 is 9.53 Å². The number of para-hydroxylation sites is 2. The predicted molar refractivity (Wildman–Crippen MR) is 140 cm³/mol. The highest BCUT2D eigenvalue weighted by Gasteiger charge is 2.34. The molecule has 7 nitrogen and oxygen atoms in total. The fourth-order valence-electron chi connectivity index (χ4n) is 5.02. The van der Waals surface area contributed by atoms with E-state index in [0.29, 0.717) is 22.6 Å². The second-order valence-corrected chi connectivity index (χ2v) is 10.6. The van der Waals surface area contributed by atoms with E-state index in [4.69, 9.17) is 9.72 Å². The van der Waals surface area contributed by atoms with E-state index >= 15 is 0 Å². The molecule has 0 spiro atoms. The van der Waals surface area contributed by atoms with Crippen molar-refractivity contribution in [3.63, 3.8) is 0 Å². The van der Waals surface area contributed by atoms with Crippen LogP contribution in [-0.4, -0.2) is 64.5 Å². The van der Waals surface area contributed by atoms with Gasteiger partial charge in [0.15, 0.2) is 5.16 Å². The van der Waals surface area contributed by atoms with Crippen molar-refractivity contribution in [3.8, 4) is 0 Å². The minimum absolute atomic E-state index is 0.0420. The number of thioether (sulfide) groups is 1. The fraction of sp³-hybridized carbons (Fsp3) is 0.444. The lowest BCUT2D eigenvalue weighted by molar-refractivity contribution is -0.118. The molecule has 35 heavy (non-hydrogen) atoms. The lowest BCUT2D eigenvalue weighted by Crippen LogP contribution is -2.40. The Morgan fingerprint density at radius 2 is 1.86 bits per heavy atom. The Hall–Kier alpha value is -2.68. The number of carbonyl (C=O) groups excluding carboxylic acids is 1. The van der Waals surface area contributed by atoms with Crippen LogP contribution in [0.1, 0.15) is 25.8 Å². The molecule has 1 amide bonds. The average molecular weight is 493 g/mol. The van der Waals surface area contributed by atoms with Crippen LogP contribution < -0.4 is 10.5 Å². The molecular weight excluding hydrogens is 460 g/mol. The summed E-state index contributed by atoms with van der Waals surface area (Å²) in [7, 11) is 0. The second-order valence-electron chi connectivity index (χ2n) is 9.33. The highest BCUT2D eigenvalue weighted by molar-refractivity contribution is 8.00. The number of rotatable bonds is 7. The Morgan fingerprint density at radius 3 is 2.69 bits per heavy atom. The quantitative estimate of drug-likeness (QED) is 0.371. The van der Waals surface area contributed by atoms with Gasteiger partial charge in [-0.3, -0.25) is 19.1 Å². The van der Waals surface area contributed by atoms with Crippen molar-refractivity contribution in [1.82, 2.24) is 14.5 Å². The Bertz CT molecular complexity index is 1270. The average Bonchev–Trinajstić information content (AvgIpc) is 3.21. The van der Waals surface area contributed by atoms with E-state index in [1.807, 2.05) is 54.3 Å². The maximum absolute atomic E-state index is 13.6. The van der Waals surface area contributed by atoms with Gasteiger partial charge in [-0.15, -0.1) is 0 Å². The first kappa shape index (κ1) is 24.0. The maximum atomic E-state index is 13.6. The third kappa shape index (κ3) is 5.01. The first-order valence-electron chi connectivity index (χ1n) is 12.4. The van der Waals surface area contributed by atoms with Crippen molar-refractivity contribution >= 4 is 34.3 Å². The molecule has 3 heterocycles. The van der Waals surface area contributed by atoms with Gasteiger partial charge in [-0.1, -0.05) is 42.1 Å². The minimum atomic E-state index is -0.373. The molecule has 0 bridgehead atoms. The third-order valence-electron chi connectivity index (χ3n) is 6.86. The van der Waals surface area contributed by atoms with Crippen molar-refractivity contribution in [2.24, 2.45) is 0 Å². The lowest BCUT2D eigenvalue weighted by atomic mass is 10.1. The number of carbonyl (C=O) groups is 1. The van der Waals surface area contributed by atoms with Crippen LogP contribution in [0, 0.1) is 0 Å². The van der Waals surface area contributed by atoms with Gasteiger partial charge in [0.25, 0.3) is 5.56 Å². The van der Waals surface area contributed by atoms with Crippen LogP contribution in [0.4, 0.5) is 5.69 Å². The Balaban J connectivity index is 1.39. The SMILES string of the molecule is C[C@H](Sc1nc2ccccc2c(=O)n1CCCN1CCOCC1)C(=O)N1c2ccccc2C[C@@H]1C. The molecule has 8 heteroatoms. The highest BCUT2D eigenvalue weighted by Crippen LogP contribution is 2.34. The van der Waals surface area contributed by atoms with Gasteiger partial charge in [-0.05, 0) is 50.5 Å². The van der Waals surface area contributed by atoms with E-state index in [1.165, 1.54) is 17.3 Å². The summed E-state index contributed by atoms with van der Waals surface area (Å²) < 4.78 is 7.20. The van der Waals surface area contributed by atoms with E-state index < -0.39 is 0 Å². The van der Waals surface area contributed by atoms with Crippen LogP contribution in [0.25, 0.3) is 10.9 Å². The van der Waals surface area contributed by atoms with Crippen molar-refractivity contribution in [2.75, 3.05) is 37.7 Å². The van der Waals surface area contributed by atoms with E-state index in [1.54, 1.807) is 4.57 Å². The number of benzene rings is 2. The normalized spacial score (nSPS) is 19.1. The molecule has 1 saturated heterocycles. The minimum Gasteiger partial charge on any atom is -0.379 e. The largest absolute Gasteiger partial charge is 0.379 e. The summed E-state index contributed by atoms with van der Waals surface area (Å²) in [5.74, 6) is 0.0507. The van der Waals surface area contributed by atoms with E-state index in [9.17, 15) is 9.59 Å². The molecule has 2 aromatic carbocycles. The van der Waals surface area contributed by atoms with Crippen molar-refractivity contribution in [2.45, 2.75) is 49.7 Å². The predicted octanol–water partition coefficient (Wildman–Crippen LogP) is 3.58. The van der Waals surface area contributed by atoms with Gasteiger partial charge in [0.05, 0.1) is 29.4 Å². The number of amides is 1. The first-order valence-corrected chi connectivity index (χ1v) is 13.3. The molecule has 0 radical (unpaired) electrons. The van der Waals surface area contributed by atoms with Gasteiger partial charge in [-0.2, -0.15) is 0 Å². The van der Waals surface area contributed by atoms with E-state index in [2.05, 4.69) is 17.9 Å². The second kappa shape index (κ2) is 10.5.